The molecule has 0 heterocycles. The Bertz CT molecular complexity index is 269. The molecule has 0 aromatic heterocycles. The minimum Gasteiger partial charge on any atom is -0.0654 e. The molecule has 0 saturated heterocycles. The van der Waals surface area contributed by atoms with Gasteiger partial charge in [-0.3, -0.25) is 0 Å². The van der Waals surface area contributed by atoms with Crippen molar-refractivity contribution in [3.63, 3.8) is 0 Å². The summed E-state index contributed by atoms with van der Waals surface area (Å²) < 4.78 is 0. The fourth-order valence-electron chi connectivity index (χ4n) is 2.66. The van der Waals surface area contributed by atoms with E-state index in [-0.39, 0.29) is 0 Å². The van der Waals surface area contributed by atoms with Crippen molar-refractivity contribution in [2.75, 3.05) is 0 Å². The molecule has 0 heteroatoms. The minimum atomic E-state index is 0.427. The zero-order valence-electron chi connectivity index (χ0n) is 11.1. The number of hydrogen-bond donors (Lipinski definition) is 0. The van der Waals surface area contributed by atoms with E-state index < -0.39 is 0 Å². The fraction of sp³-hybridized carbons (Fsp3) is 0.625. The lowest BCUT2D eigenvalue weighted by atomic mass is 9.72. The second-order valence-electron chi connectivity index (χ2n) is 4.81. The van der Waals surface area contributed by atoms with Gasteiger partial charge in [0, 0.05) is 0 Å². The summed E-state index contributed by atoms with van der Waals surface area (Å²) in [7, 11) is 0. The van der Waals surface area contributed by atoms with E-state index >= 15 is 0 Å². The van der Waals surface area contributed by atoms with Crippen LogP contribution in [-0.4, -0.2) is 0 Å². The van der Waals surface area contributed by atoms with Crippen molar-refractivity contribution in [2.24, 2.45) is 0 Å². The first-order valence-corrected chi connectivity index (χ1v) is 6.84. The molecule has 0 radical (unpaired) electrons. The molecule has 16 heavy (non-hydrogen) atoms. The highest BCUT2D eigenvalue weighted by Crippen LogP contribution is 2.36. The Hall–Kier alpha value is -0.780. The normalized spacial score (nSPS) is 11.7. The van der Waals surface area contributed by atoms with Crippen molar-refractivity contribution in [3.8, 4) is 0 Å². The van der Waals surface area contributed by atoms with Gasteiger partial charge in [-0.15, -0.1) is 0 Å². The number of benzene rings is 1. The Morgan fingerprint density at radius 3 is 2.00 bits per heavy atom. The second-order valence-corrected chi connectivity index (χ2v) is 4.81. The first-order chi connectivity index (χ1) is 7.79. The zero-order chi connectivity index (χ0) is 11.9. The van der Waals surface area contributed by atoms with E-state index in [4.69, 9.17) is 0 Å². The monoisotopic (exact) mass is 218 g/mol. The quantitative estimate of drug-likeness (QED) is 0.543. The predicted octanol–water partition coefficient (Wildman–Crippen LogP) is 5.32. The summed E-state index contributed by atoms with van der Waals surface area (Å²) in [4.78, 5) is 0. The summed E-state index contributed by atoms with van der Waals surface area (Å²) in [6, 6.07) is 11.1. The highest BCUT2D eigenvalue weighted by Gasteiger charge is 2.27. The summed E-state index contributed by atoms with van der Waals surface area (Å²) >= 11 is 0. The van der Waals surface area contributed by atoms with Gasteiger partial charge in [-0.25, -0.2) is 0 Å². The third-order valence-corrected chi connectivity index (χ3v) is 4.00. The van der Waals surface area contributed by atoms with E-state index in [2.05, 4.69) is 51.1 Å². The summed E-state index contributed by atoms with van der Waals surface area (Å²) in [5.74, 6) is 0. The van der Waals surface area contributed by atoms with Crippen LogP contribution >= 0.6 is 0 Å². The molecular weight excluding hydrogens is 192 g/mol. The molecule has 1 aromatic rings. The van der Waals surface area contributed by atoms with Crippen LogP contribution in [0.4, 0.5) is 0 Å². The average Bonchev–Trinajstić information content (AvgIpc) is 2.36. The van der Waals surface area contributed by atoms with Crippen LogP contribution in [0.3, 0.4) is 0 Å². The van der Waals surface area contributed by atoms with Gasteiger partial charge in [0.15, 0.2) is 0 Å². The maximum absolute atomic E-state index is 2.34. The SMILES string of the molecule is CCCCCC(CC)(CC)c1ccccc1. The van der Waals surface area contributed by atoms with Gasteiger partial charge < -0.3 is 0 Å². The maximum Gasteiger partial charge on any atom is -0.00522 e. The molecule has 0 N–H and O–H groups in total. The van der Waals surface area contributed by atoms with Crippen molar-refractivity contribution >= 4 is 0 Å². The van der Waals surface area contributed by atoms with Gasteiger partial charge in [0.25, 0.3) is 0 Å². The Morgan fingerprint density at radius 2 is 1.50 bits per heavy atom. The third kappa shape index (κ3) is 3.10. The predicted molar refractivity (Wildman–Crippen MR) is 72.8 cm³/mol. The molecule has 0 unspecified atom stereocenters. The van der Waals surface area contributed by atoms with Crippen molar-refractivity contribution in [3.05, 3.63) is 35.9 Å². The lowest BCUT2D eigenvalue weighted by molar-refractivity contribution is 0.350. The highest BCUT2D eigenvalue weighted by molar-refractivity contribution is 5.24. The van der Waals surface area contributed by atoms with Gasteiger partial charge in [-0.1, -0.05) is 70.4 Å². The maximum atomic E-state index is 2.34. The van der Waals surface area contributed by atoms with Crippen LogP contribution in [0, 0.1) is 0 Å². The van der Waals surface area contributed by atoms with Gasteiger partial charge in [0.2, 0.25) is 0 Å². The molecular formula is C16H26. The van der Waals surface area contributed by atoms with E-state index in [0.29, 0.717) is 5.41 Å². The molecule has 1 rings (SSSR count). The van der Waals surface area contributed by atoms with Crippen LogP contribution in [0.2, 0.25) is 0 Å². The van der Waals surface area contributed by atoms with E-state index in [1.165, 1.54) is 44.1 Å². The molecule has 1 aromatic carbocycles. The van der Waals surface area contributed by atoms with Crippen LogP contribution in [0.15, 0.2) is 30.3 Å². The number of rotatable bonds is 7. The molecule has 0 bridgehead atoms. The minimum absolute atomic E-state index is 0.427. The number of unbranched alkanes of at least 4 members (excludes halogenated alkanes) is 2. The van der Waals surface area contributed by atoms with Gasteiger partial charge in [-0.2, -0.15) is 0 Å². The Kier molecular flexibility index (Phi) is 5.59. The molecule has 0 nitrogen and oxygen atoms in total. The molecule has 90 valence electrons. The van der Waals surface area contributed by atoms with Crippen LogP contribution in [0.5, 0.6) is 0 Å². The van der Waals surface area contributed by atoms with Crippen LogP contribution in [0.1, 0.15) is 64.9 Å². The second kappa shape index (κ2) is 6.73. The van der Waals surface area contributed by atoms with Crippen LogP contribution in [-0.2, 0) is 5.41 Å². The summed E-state index contributed by atoms with van der Waals surface area (Å²) in [6.07, 6.45) is 7.92. The van der Waals surface area contributed by atoms with Gasteiger partial charge >= 0.3 is 0 Å². The molecule has 0 spiro atoms. The van der Waals surface area contributed by atoms with E-state index in [9.17, 15) is 0 Å². The molecule has 0 fully saturated rings. The lowest BCUT2D eigenvalue weighted by Gasteiger charge is -2.32. The van der Waals surface area contributed by atoms with Crippen molar-refractivity contribution in [1.82, 2.24) is 0 Å². The third-order valence-electron chi connectivity index (χ3n) is 4.00. The lowest BCUT2D eigenvalue weighted by Crippen LogP contribution is -2.24. The highest BCUT2D eigenvalue weighted by atomic mass is 14.3. The number of hydrogen-bond acceptors (Lipinski definition) is 0. The molecule has 0 aliphatic carbocycles. The zero-order valence-corrected chi connectivity index (χ0v) is 11.1. The largest absolute Gasteiger partial charge is 0.0654 e. The first-order valence-electron chi connectivity index (χ1n) is 6.84. The summed E-state index contributed by atoms with van der Waals surface area (Å²) in [5.41, 5.74) is 1.97. The first kappa shape index (κ1) is 13.3. The van der Waals surface area contributed by atoms with E-state index in [1.54, 1.807) is 0 Å². The molecule has 0 aliphatic heterocycles. The van der Waals surface area contributed by atoms with Crippen molar-refractivity contribution in [2.45, 2.75) is 64.7 Å². The smallest absolute Gasteiger partial charge is 0.00522 e. The van der Waals surface area contributed by atoms with E-state index in [1.807, 2.05) is 0 Å². The fourth-order valence-corrected chi connectivity index (χ4v) is 2.66. The van der Waals surface area contributed by atoms with Crippen molar-refractivity contribution in [1.29, 1.82) is 0 Å². The molecule has 0 atom stereocenters. The van der Waals surface area contributed by atoms with Crippen LogP contribution < -0.4 is 0 Å². The van der Waals surface area contributed by atoms with Gasteiger partial charge in [0.05, 0.1) is 0 Å². The summed E-state index contributed by atoms with van der Waals surface area (Å²) in [6.45, 7) is 6.95. The summed E-state index contributed by atoms with van der Waals surface area (Å²) in [5, 5.41) is 0. The Balaban J connectivity index is 2.79. The van der Waals surface area contributed by atoms with Crippen LogP contribution in [0.25, 0.3) is 0 Å². The average molecular weight is 218 g/mol. The van der Waals surface area contributed by atoms with Gasteiger partial charge in [-0.05, 0) is 30.2 Å². The van der Waals surface area contributed by atoms with E-state index in [0.717, 1.165) is 0 Å². The standard InChI is InChI=1S/C16H26/c1-4-7-11-14-16(5-2,6-3)15-12-9-8-10-13-15/h8-10,12-13H,4-7,11,14H2,1-3H3. The Labute approximate surface area is 101 Å². The topological polar surface area (TPSA) is 0 Å². The molecule has 0 aliphatic rings. The Morgan fingerprint density at radius 1 is 0.875 bits per heavy atom. The molecule has 0 saturated carbocycles. The van der Waals surface area contributed by atoms with Crippen molar-refractivity contribution < 1.29 is 0 Å². The molecule has 0 amide bonds. The van der Waals surface area contributed by atoms with Gasteiger partial charge in [0.1, 0.15) is 0 Å².